The van der Waals surface area contributed by atoms with E-state index in [0.29, 0.717) is 11.4 Å². The Morgan fingerprint density at radius 2 is 1.56 bits per heavy atom. The fourth-order valence-corrected chi connectivity index (χ4v) is 4.49. The minimum atomic E-state index is -1.17. The second-order valence-electron chi connectivity index (χ2n) is 8.26. The Morgan fingerprint density at radius 1 is 0.941 bits per heavy atom. The first-order valence-corrected chi connectivity index (χ1v) is 11.3. The number of halogens is 3. The monoisotopic (exact) mass is 484 g/mol. The molecule has 0 unspecified atom stereocenters. The van der Waals surface area contributed by atoms with Crippen molar-refractivity contribution in [3.63, 3.8) is 0 Å². The molecule has 1 aliphatic rings. The van der Waals surface area contributed by atoms with Gasteiger partial charge in [0.2, 0.25) is 0 Å². The Balaban J connectivity index is 1.50. The summed E-state index contributed by atoms with van der Waals surface area (Å²) in [6.07, 6.45) is 4.01. The standard InChI is InChI=1S/C26H23ClF2N2O3/c1-14-12-16(30-26(33)31-25(32)23-20(28)8-5-9-21(23)29)13-15(2)24(14)34-22-11-10-19(27)17-6-3-4-7-18(17)22/h5,8-13H,3-4,6-7H2,1-2H3,(H2,30,31,32,33). The molecule has 3 aromatic carbocycles. The second kappa shape index (κ2) is 9.81. The van der Waals surface area contributed by atoms with Gasteiger partial charge < -0.3 is 10.1 Å². The van der Waals surface area contributed by atoms with Crippen LogP contribution in [0.25, 0.3) is 0 Å². The molecule has 176 valence electrons. The molecule has 0 saturated carbocycles. The number of benzene rings is 3. The molecule has 0 saturated heterocycles. The number of aryl methyl sites for hydroxylation is 2. The maximum absolute atomic E-state index is 13.8. The lowest BCUT2D eigenvalue weighted by molar-refractivity contribution is 0.0959. The average Bonchev–Trinajstić information content (AvgIpc) is 2.77. The number of carbonyl (C=O) groups is 2. The highest BCUT2D eigenvalue weighted by atomic mass is 35.5. The maximum Gasteiger partial charge on any atom is 0.326 e. The fourth-order valence-electron chi connectivity index (χ4n) is 4.22. The van der Waals surface area contributed by atoms with Crippen LogP contribution in [0.3, 0.4) is 0 Å². The molecule has 0 bridgehead atoms. The van der Waals surface area contributed by atoms with Gasteiger partial charge in [-0.05, 0) is 98.2 Å². The van der Waals surface area contributed by atoms with Crippen molar-refractivity contribution in [2.45, 2.75) is 39.5 Å². The Labute approximate surface area is 201 Å². The quantitative estimate of drug-likeness (QED) is 0.424. The molecule has 3 amide bonds. The molecule has 4 rings (SSSR count). The highest BCUT2D eigenvalue weighted by Crippen LogP contribution is 2.39. The maximum atomic E-state index is 13.8. The topological polar surface area (TPSA) is 67.4 Å². The summed E-state index contributed by atoms with van der Waals surface area (Å²) in [7, 11) is 0. The summed E-state index contributed by atoms with van der Waals surface area (Å²) in [4.78, 5) is 24.4. The summed E-state index contributed by atoms with van der Waals surface area (Å²) in [5.74, 6) is -1.86. The molecule has 0 heterocycles. The van der Waals surface area contributed by atoms with E-state index in [0.717, 1.165) is 76.9 Å². The van der Waals surface area contributed by atoms with Crippen LogP contribution in [0.5, 0.6) is 11.5 Å². The largest absolute Gasteiger partial charge is 0.457 e. The van der Waals surface area contributed by atoms with Gasteiger partial charge in [0, 0.05) is 10.7 Å². The first-order chi connectivity index (χ1) is 16.2. The van der Waals surface area contributed by atoms with Crippen LogP contribution in [0.1, 0.15) is 45.5 Å². The minimum absolute atomic E-state index is 0.403. The van der Waals surface area contributed by atoms with Crippen LogP contribution in [0.15, 0.2) is 42.5 Å². The Bertz CT molecular complexity index is 1250. The third kappa shape index (κ3) is 4.89. The molecule has 8 heteroatoms. The first-order valence-electron chi connectivity index (χ1n) is 10.9. The summed E-state index contributed by atoms with van der Waals surface area (Å²) in [6.45, 7) is 3.68. The van der Waals surface area contributed by atoms with Gasteiger partial charge in [0.15, 0.2) is 0 Å². The van der Waals surface area contributed by atoms with Crippen LogP contribution < -0.4 is 15.4 Å². The third-order valence-electron chi connectivity index (χ3n) is 5.78. The van der Waals surface area contributed by atoms with Gasteiger partial charge >= 0.3 is 6.03 Å². The molecular weight excluding hydrogens is 462 g/mol. The summed E-state index contributed by atoms with van der Waals surface area (Å²) in [5.41, 5.74) is 3.37. The molecule has 34 heavy (non-hydrogen) atoms. The van der Waals surface area contributed by atoms with Gasteiger partial charge in [0.25, 0.3) is 5.91 Å². The van der Waals surface area contributed by atoms with E-state index in [1.165, 1.54) is 0 Å². The van der Waals surface area contributed by atoms with Crippen molar-refractivity contribution in [3.8, 4) is 11.5 Å². The van der Waals surface area contributed by atoms with E-state index in [1.54, 1.807) is 12.1 Å². The molecular formula is C26H23ClF2N2O3. The smallest absolute Gasteiger partial charge is 0.326 e. The number of hydrogen-bond donors (Lipinski definition) is 2. The number of rotatable bonds is 4. The predicted molar refractivity (Wildman–Crippen MR) is 127 cm³/mol. The molecule has 0 fully saturated rings. The van der Waals surface area contributed by atoms with Gasteiger partial charge in [-0.3, -0.25) is 10.1 Å². The first kappa shape index (κ1) is 23.7. The molecule has 0 aliphatic heterocycles. The van der Waals surface area contributed by atoms with Crippen LogP contribution in [-0.2, 0) is 12.8 Å². The highest BCUT2D eigenvalue weighted by molar-refractivity contribution is 6.31. The van der Waals surface area contributed by atoms with E-state index >= 15 is 0 Å². The van der Waals surface area contributed by atoms with E-state index in [9.17, 15) is 18.4 Å². The van der Waals surface area contributed by atoms with Crippen LogP contribution in [0, 0.1) is 25.5 Å². The Morgan fingerprint density at radius 3 is 2.21 bits per heavy atom. The van der Waals surface area contributed by atoms with Gasteiger partial charge in [0.05, 0.1) is 0 Å². The number of ether oxygens (including phenoxy) is 1. The van der Waals surface area contributed by atoms with E-state index in [2.05, 4.69) is 5.32 Å². The molecule has 5 nitrogen and oxygen atoms in total. The molecule has 0 spiro atoms. The van der Waals surface area contributed by atoms with Crippen LogP contribution in [-0.4, -0.2) is 11.9 Å². The molecule has 0 atom stereocenters. The number of fused-ring (bicyclic) bond motifs is 1. The van der Waals surface area contributed by atoms with Crippen molar-refractivity contribution in [2.75, 3.05) is 5.32 Å². The number of urea groups is 1. The summed E-state index contributed by atoms with van der Waals surface area (Å²) >= 11 is 6.37. The number of nitrogens with one attached hydrogen (secondary N) is 2. The average molecular weight is 485 g/mol. The lowest BCUT2D eigenvalue weighted by Gasteiger charge is -2.22. The second-order valence-corrected chi connectivity index (χ2v) is 8.66. The van der Waals surface area contributed by atoms with E-state index in [4.69, 9.17) is 16.3 Å². The van der Waals surface area contributed by atoms with Crippen molar-refractivity contribution in [1.29, 1.82) is 0 Å². The number of hydrogen-bond acceptors (Lipinski definition) is 3. The van der Waals surface area contributed by atoms with Gasteiger partial charge in [-0.1, -0.05) is 17.7 Å². The van der Waals surface area contributed by atoms with Crippen LogP contribution >= 0.6 is 11.6 Å². The number of carbonyl (C=O) groups excluding carboxylic acids is 2. The molecule has 2 N–H and O–H groups in total. The number of amides is 3. The zero-order valence-corrected chi connectivity index (χ0v) is 19.5. The SMILES string of the molecule is Cc1cc(NC(=O)NC(=O)c2c(F)cccc2F)cc(C)c1Oc1ccc(Cl)c2c1CCCC2. The third-order valence-corrected chi connectivity index (χ3v) is 6.14. The lowest BCUT2D eigenvalue weighted by atomic mass is 9.91. The highest BCUT2D eigenvalue weighted by Gasteiger charge is 2.21. The lowest BCUT2D eigenvalue weighted by Crippen LogP contribution is -2.35. The van der Waals surface area contributed by atoms with Crippen molar-refractivity contribution in [1.82, 2.24) is 5.32 Å². The molecule has 0 aromatic heterocycles. The van der Waals surface area contributed by atoms with Crippen LogP contribution in [0.2, 0.25) is 5.02 Å². The number of anilines is 1. The van der Waals surface area contributed by atoms with E-state index < -0.39 is 29.1 Å². The summed E-state index contributed by atoms with van der Waals surface area (Å²) in [5, 5.41) is 5.22. The van der Waals surface area contributed by atoms with Crippen molar-refractivity contribution >= 4 is 29.2 Å². The van der Waals surface area contributed by atoms with Gasteiger partial charge in [-0.2, -0.15) is 0 Å². The Hall–Kier alpha value is -3.45. The van der Waals surface area contributed by atoms with Crippen molar-refractivity contribution in [2.24, 2.45) is 0 Å². The van der Waals surface area contributed by atoms with E-state index in [-0.39, 0.29) is 0 Å². The normalized spacial score (nSPS) is 12.6. The zero-order valence-electron chi connectivity index (χ0n) is 18.7. The van der Waals surface area contributed by atoms with E-state index in [1.807, 2.05) is 31.3 Å². The van der Waals surface area contributed by atoms with Crippen molar-refractivity contribution < 1.29 is 23.1 Å². The zero-order chi connectivity index (χ0) is 24.4. The van der Waals surface area contributed by atoms with Crippen LogP contribution in [0.4, 0.5) is 19.3 Å². The van der Waals surface area contributed by atoms with Gasteiger partial charge in [-0.25, -0.2) is 13.6 Å². The minimum Gasteiger partial charge on any atom is -0.457 e. The number of imide groups is 1. The predicted octanol–water partition coefficient (Wildman–Crippen LogP) is 6.87. The molecule has 0 radical (unpaired) electrons. The van der Waals surface area contributed by atoms with Gasteiger partial charge in [0.1, 0.15) is 28.7 Å². The fraction of sp³-hybridized carbons (Fsp3) is 0.231. The summed E-state index contributed by atoms with van der Waals surface area (Å²) in [6, 6.07) is 9.22. The van der Waals surface area contributed by atoms with Crippen molar-refractivity contribution in [3.05, 3.63) is 86.9 Å². The molecule has 1 aliphatic carbocycles. The molecule has 3 aromatic rings. The summed E-state index contributed by atoms with van der Waals surface area (Å²) < 4.78 is 33.8. The van der Waals surface area contributed by atoms with Gasteiger partial charge in [-0.15, -0.1) is 0 Å². The Kier molecular flexibility index (Phi) is 6.84.